The highest BCUT2D eigenvalue weighted by atomic mass is 16.3. The number of furan rings is 2. The molecule has 0 bridgehead atoms. The van der Waals surface area contributed by atoms with Gasteiger partial charge in [0, 0.05) is 38.2 Å². The molecule has 0 aliphatic rings. The Morgan fingerprint density at radius 2 is 0.797 bits per heavy atom. The van der Waals surface area contributed by atoms with Crippen LogP contribution in [0.4, 0.5) is 0 Å². The summed E-state index contributed by atoms with van der Waals surface area (Å²) < 4.78 is 12.8. The van der Waals surface area contributed by atoms with Gasteiger partial charge in [-0.3, -0.25) is 0 Å². The van der Waals surface area contributed by atoms with Crippen LogP contribution in [0.3, 0.4) is 0 Å². The molecule has 64 heavy (non-hydrogen) atoms. The Balaban J connectivity index is 0.942. The summed E-state index contributed by atoms with van der Waals surface area (Å²) in [5.41, 5.74) is 14.9. The first kappa shape index (κ1) is 36.1. The van der Waals surface area contributed by atoms with Gasteiger partial charge in [-0.15, -0.1) is 0 Å². The van der Waals surface area contributed by atoms with E-state index < -0.39 is 0 Å². The van der Waals surface area contributed by atoms with Crippen LogP contribution >= 0.6 is 0 Å². The number of para-hydroxylation sites is 1. The van der Waals surface area contributed by atoms with Gasteiger partial charge in [0.1, 0.15) is 22.3 Å². The second-order valence-electron chi connectivity index (χ2n) is 16.6. The first-order valence-corrected chi connectivity index (χ1v) is 21.6. The summed E-state index contributed by atoms with van der Waals surface area (Å²) in [5, 5.41) is 9.04. The highest BCUT2D eigenvalue weighted by Gasteiger charge is 2.18. The zero-order valence-corrected chi connectivity index (χ0v) is 34.5. The van der Waals surface area contributed by atoms with Crippen molar-refractivity contribution in [2.24, 2.45) is 0 Å². The van der Waals surface area contributed by atoms with Gasteiger partial charge >= 0.3 is 0 Å². The Hall–Kier alpha value is -8.60. The Morgan fingerprint density at radius 1 is 0.266 bits per heavy atom. The Bertz CT molecular complexity index is 3950. The van der Waals surface area contributed by atoms with Crippen molar-refractivity contribution in [2.75, 3.05) is 0 Å². The van der Waals surface area contributed by atoms with Crippen LogP contribution in [0.1, 0.15) is 0 Å². The molecule has 13 aromatic rings. The molecule has 0 unspecified atom stereocenters. The molecule has 0 amide bonds. The van der Waals surface area contributed by atoms with Gasteiger partial charge in [0.15, 0.2) is 5.82 Å². The van der Waals surface area contributed by atoms with E-state index in [4.69, 9.17) is 18.8 Å². The molecular formula is C60H36N2O2. The second kappa shape index (κ2) is 14.5. The lowest BCUT2D eigenvalue weighted by atomic mass is 9.92. The predicted molar refractivity (Wildman–Crippen MR) is 264 cm³/mol. The maximum atomic E-state index is 6.47. The maximum Gasteiger partial charge on any atom is 0.161 e. The van der Waals surface area contributed by atoms with Crippen molar-refractivity contribution in [3.63, 3.8) is 0 Å². The van der Waals surface area contributed by atoms with E-state index in [1.165, 1.54) is 16.3 Å². The van der Waals surface area contributed by atoms with E-state index in [2.05, 4.69) is 188 Å². The number of nitrogens with zero attached hydrogens (tertiary/aromatic N) is 2. The second-order valence-corrected chi connectivity index (χ2v) is 16.6. The van der Waals surface area contributed by atoms with E-state index in [1.54, 1.807) is 0 Å². The SMILES string of the molecule is c1ccc(-c2cc(-c3ccc(-c4cc(-c5ccc6ccccc6c5)cc(-c5ccc6c(c5)oc5ccccc56)c4)cc3)nc(-c3cccc4oc5cc6ccccc6cc5c34)n2)cc1. The van der Waals surface area contributed by atoms with Crippen LogP contribution in [0.2, 0.25) is 0 Å². The van der Waals surface area contributed by atoms with Crippen LogP contribution in [-0.4, -0.2) is 9.97 Å². The monoisotopic (exact) mass is 816 g/mol. The first-order valence-electron chi connectivity index (χ1n) is 21.6. The van der Waals surface area contributed by atoms with Crippen molar-refractivity contribution in [1.82, 2.24) is 9.97 Å². The van der Waals surface area contributed by atoms with Crippen molar-refractivity contribution in [2.45, 2.75) is 0 Å². The van der Waals surface area contributed by atoms with Crippen molar-refractivity contribution < 1.29 is 8.83 Å². The van der Waals surface area contributed by atoms with Gasteiger partial charge in [-0.1, -0.05) is 152 Å². The van der Waals surface area contributed by atoms with E-state index in [9.17, 15) is 0 Å². The molecule has 4 heteroatoms. The van der Waals surface area contributed by atoms with Crippen LogP contribution in [-0.2, 0) is 0 Å². The molecule has 0 aliphatic heterocycles. The lowest BCUT2D eigenvalue weighted by Gasteiger charge is -2.13. The Kier molecular flexibility index (Phi) is 8.18. The van der Waals surface area contributed by atoms with Gasteiger partial charge in [-0.25, -0.2) is 9.97 Å². The molecule has 4 nitrogen and oxygen atoms in total. The molecule has 0 N–H and O–H groups in total. The summed E-state index contributed by atoms with van der Waals surface area (Å²) in [6.07, 6.45) is 0. The number of rotatable bonds is 6. The van der Waals surface area contributed by atoms with Crippen molar-refractivity contribution >= 4 is 65.4 Å². The average Bonchev–Trinajstić information content (AvgIpc) is 3.93. The minimum absolute atomic E-state index is 0.649. The molecular weight excluding hydrogens is 781 g/mol. The Labute approximate surface area is 368 Å². The standard InChI is InChI=1S/C60H36N2O2/c1-2-12-39(13-3-1)53-36-54(62-60(61-53)51-18-10-20-56-59(51)52-33-42-15-6-7-16-43(42)34-58(52)64-56)40-24-21-38(22-25-40)46-30-47(44-26-23-37-11-4-5-14-41(37)29-44)32-48(31-46)45-27-28-50-49-17-8-9-19-55(49)63-57(50)35-45/h1-36H. The van der Waals surface area contributed by atoms with E-state index in [0.717, 1.165) is 111 Å². The molecule has 0 aliphatic carbocycles. The third kappa shape index (κ3) is 6.15. The maximum absolute atomic E-state index is 6.47. The van der Waals surface area contributed by atoms with Crippen LogP contribution in [0.15, 0.2) is 227 Å². The fraction of sp³-hybridized carbons (Fsp3) is 0. The Morgan fingerprint density at radius 3 is 1.58 bits per heavy atom. The molecule has 0 spiro atoms. The molecule has 298 valence electrons. The highest BCUT2D eigenvalue weighted by molar-refractivity contribution is 6.15. The summed E-state index contributed by atoms with van der Waals surface area (Å²) in [6, 6.07) is 77.1. The first-order chi connectivity index (χ1) is 31.6. The minimum atomic E-state index is 0.649. The zero-order chi connectivity index (χ0) is 42.1. The lowest BCUT2D eigenvalue weighted by Crippen LogP contribution is -1.96. The largest absolute Gasteiger partial charge is 0.456 e. The number of fused-ring (bicyclic) bond motifs is 8. The molecule has 0 saturated heterocycles. The molecule has 10 aromatic carbocycles. The lowest BCUT2D eigenvalue weighted by molar-refractivity contribution is 0.669. The fourth-order valence-corrected chi connectivity index (χ4v) is 9.41. The number of hydrogen-bond donors (Lipinski definition) is 0. The van der Waals surface area contributed by atoms with E-state index in [0.29, 0.717) is 5.82 Å². The highest BCUT2D eigenvalue weighted by Crippen LogP contribution is 2.40. The molecule has 3 heterocycles. The third-order valence-electron chi connectivity index (χ3n) is 12.6. The van der Waals surface area contributed by atoms with Crippen LogP contribution in [0.25, 0.3) is 133 Å². The fourth-order valence-electron chi connectivity index (χ4n) is 9.41. The summed E-state index contributed by atoms with van der Waals surface area (Å²) >= 11 is 0. The number of hydrogen-bond acceptors (Lipinski definition) is 4. The average molecular weight is 817 g/mol. The van der Waals surface area contributed by atoms with Crippen molar-refractivity contribution in [1.29, 1.82) is 0 Å². The van der Waals surface area contributed by atoms with Crippen LogP contribution in [0.5, 0.6) is 0 Å². The molecule has 13 rings (SSSR count). The quantitative estimate of drug-likeness (QED) is 0.168. The molecule has 0 fully saturated rings. The smallest absolute Gasteiger partial charge is 0.161 e. The number of aromatic nitrogens is 2. The topological polar surface area (TPSA) is 52.1 Å². The van der Waals surface area contributed by atoms with Crippen molar-refractivity contribution in [3.05, 3.63) is 218 Å². The zero-order valence-electron chi connectivity index (χ0n) is 34.5. The molecule has 0 radical (unpaired) electrons. The van der Waals surface area contributed by atoms with Crippen LogP contribution in [0, 0.1) is 0 Å². The third-order valence-corrected chi connectivity index (χ3v) is 12.6. The summed E-state index contributed by atoms with van der Waals surface area (Å²) in [5.74, 6) is 0.649. The normalized spacial score (nSPS) is 11.8. The van der Waals surface area contributed by atoms with E-state index in [-0.39, 0.29) is 0 Å². The van der Waals surface area contributed by atoms with Gasteiger partial charge in [0.05, 0.1) is 11.4 Å². The van der Waals surface area contributed by atoms with Gasteiger partial charge in [-0.05, 0) is 122 Å². The summed E-state index contributed by atoms with van der Waals surface area (Å²) in [7, 11) is 0. The minimum Gasteiger partial charge on any atom is -0.456 e. The van der Waals surface area contributed by atoms with Crippen molar-refractivity contribution in [3.8, 4) is 67.3 Å². The van der Waals surface area contributed by atoms with Gasteiger partial charge in [0.2, 0.25) is 0 Å². The molecule has 0 saturated carbocycles. The van der Waals surface area contributed by atoms with E-state index >= 15 is 0 Å². The van der Waals surface area contributed by atoms with Gasteiger partial charge in [-0.2, -0.15) is 0 Å². The molecule has 0 atom stereocenters. The van der Waals surface area contributed by atoms with Gasteiger partial charge < -0.3 is 8.83 Å². The van der Waals surface area contributed by atoms with Crippen LogP contribution < -0.4 is 0 Å². The number of benzene rings is 10. The predicted octanol–water partition coefficient (Wildman–Crippen LogP) is 16.6. The van der Waals surface area contributed by atoms with E-state index in [1.807, 2.05) is 30.3 Å². The summed E-state index contributed by atoms with van der Waals surface area (Å²) in [6.45, 7) is 0. The molecule has 3 aromatic heterocycles. The summed E-state index contributed by atoms with van der Waals surface area (Å²) in [4.78, 5) is 10.5. The van der Waals surface area contributed by atoms with Gasteiger partial charge in [0.25, 0.3) is 0 Å².